The fraction of sp³-hybridized carbons (Fsp3) is 0.167. The van der Waals surface area contributed by atoms with Gasteiger partial charge in [-0.05, 0) is 22.8 Å². The summed E-state index contributed by atoms with van der Waals surface area (Å²) in [5, 5.41) is 12.8. The van der Waals surface area contributed by atoms with Gasteiger partial charge in [-0.3, -0.25) is 4.79 Å². The Hall–Kier alpha value is -3.58. The van der Waals surface area contributed by atoms with Crippen LogP contribution in [0.15, 0.2) is 83.3 Å². The lowest BCUT2D eigenvalue weighted by Gasteiger charge is -2.25. The maximum Gasteiger partial charge on any atom is 0.258 e. The SMILES string of the molecule is CC(C)(C)/C(NC(=O)c1ccoc1)=C(\C#N)c1ccc(-c2ccccc2)cc1. The van der Waals surface area contributed by atoms with Crippen LogP contribution in [0.25, 0.3) is 16.7 Å². The van der Waals surface area contributed by atoms with E-state index in [4.69, 9.17) is 4.42 Å². The summed E-state index contributed by atoms with van der Waals surface area (Å²) < 4.78 is 4.99. The van der Waals surface area contributed by atoms with Crippen LogP contribution in [0, 0.1) is 16.7 Å². The molecule has 28 heavy (non-hydrogen) atoms. The summed E-state index contributed by atoms with van der Waals surface area (Å²) in [4.78, 5) is 12.5. The molecule has 4 nitrogen and oxygen atoms in total. The van der Waals surface area contributed by atoms with Gasteiger partial charge in [0.1, 0.15) is 12.3 Å². The topological polar surface area (TPSA) is 66.0 Å². The summed E-state index contributed by atoms with van der Waals surface area (Å²) in [5.41, 5.74) is 3.96. The minimum Gasteiger partial charge on any atom is -0.472 e. The van der Waals surface area contributed by atoms with Gasteiger partial charge in [-0.25, -0.2) is 0 Å². The summed E-state index contributed by atoms with van der Waals surface area (Å²) in [6.45, 7) is 5.90. The molecule has 3 rings (SSSR count). The number of carbonyl (C=O) groups excluding carboxylic acids is 1. The minimum absolute atomic E-state index is 0.299. The van der Waals surface area contributed by atoms with Gasteiger partial charge in [0.15, 0.2) is 0 Å². The second-order valence-corrected chi connectivity index (χ2v) is 7.52. The minimum atomic E-state index is -0.428. The molecule has 1 N–H and O–H groups in total. The maximum absolute atomic E-state index is 12.5. The predicted molar refractivity (Wildman–Crippen MR) is 110 cm³/mol. The van der Waals surface area contributed by atoms with Crippen molar-refractivity contribution in [3.63, 3.8) is 0 Å². The number of hydrogen-bond donors (Lipinski definition) is 1. The van der Waals surface area contributed by atoms with Crippen molar-refractivity contribution in [2.24, 2.45) is 5.41 Å². The molecule has 2 aromatic carbocycles. The first-order chi connectivity index (χ1) is 13.4. The van der Waals surface area contributed by atoms with Crippen molar-refractivity contribution < 1.29 is 9.21 Å². The molecular weight excluding hydrogens is 348 g/mol. The fourth-order valence-corrected chi connectivity index (χ4v) is 2.93. The Labute approximate surface area is 165 Å². The number of hydrogen-bond acceptors (Lipinski definition) is 3. The number of allylic oxidation sites excluding steroid dienone is 2. The van der Waals surface area contributed by atoms with Gasteiger partial charge in [-0.2, -0.15) is 5.26 Å². The van der Waals surface area contributed by atoms with Gasteiger partial charge < -0.3 is 9.73 Å². The molecule has 1 amide bonds. The van der Waals surface area contributed by atoms with Gasteiger partial charge >= 0.3 is 0 Å². The number of nitrogens with one attached hydrogen (secondary N) is 1. The van der Waals surface area contributed by atoms with Gasteiger partial charge in [0.2, 0.25) is 0 Å². The molecule has 0 radical (unpaired) electrons. The number of benzene rings is 2. The first-order valence-electron chi connectivity index (χ1n) is 9.04. The zero-order valence-electron chi connectivity index (χ0n) is 16.2. The first-order valence-corrected chi connectivity index (χ1v) is 9.04. The molecule has 0 unspecified atom stereocenters. The Balaban J connectivity index is 2.00. The molecule has 0 fully saturated rings. The highest BCUT2D eigenvalue weighted by atomic mass is 16.3. The molecule has 140 valence electrons. The third kappa shape index (κ3) is 4.21. The van der Waals surface area contributed by atoms with E-state index in [0.717, 1.165) is 16.7 Å². The molecule has 0 bridgehead atoms. The van der Waals surface area contributed by atoms with Gasteiger partial charge in [-0.1, -0.05) is 75.4 Å². The van der Waals surface area contributed by atoms with Crippen molar-refractivity contribution >= 4 is 11.5 Å². The van der Waals surface area contributed by atoms with Crippen LogP contribution in [0.2, 0.25) is 0 Å². The largest absolute Gasteiger partial charge is 0.472 e. The average Bonchev–Trinajstić information content (AvgIpc) is 3.23. The molecule has 3 aromatic rings. The van der Waals surface area contributed by atoms with Gasteiger partial charge in [0.25, 0.3) is 5.91 Å². The van der Waals surface area contributed by atoms with Gasteiger partial charge in [-0.15, -0.1) is 0 Å². The third-order valence-corrected chi connectivity index (χ3v) is 4.41. The molecule has 0 atom stereocenters. The van der Waals surface area contributed by atoms with E-state index in [1.54, 1.807) is 6.07 Å². The van der Waals surface area contributed by atoms with Crippen LogP contribution in [0.3, 0.4) is 0 Å². The molecule has 0 spiro atoms. The Morgan fingerprint density at radius 2 is 1.57 bits per heavy atom. The normalized spacial score (nSPS) is 12.1. The van der Waals surface area contributed by atoms with Crippen molar-refractivity contribution in [1.29, 1.82) is 5.26 Å². The predicted octanol–water partition coefficient (Wildman–Crippen LogP) is 5.66. The summed E-state index contributed by atoms with van der Waals surface area (Å²) >= 11 is 0. The number of furan rings is 1. The van der Waals surface area contributed by atoms with E-state index < -0.39 is 5.41 Å². The van der Waals surface area contributed by atoms with Crippen LogP contribution in [0.4, 0.5) is 0 Å². The Morgan fingerprint density at radius 1 is 0.929 bits per heavy atom. The number of carbonyl (C=O) groups is 1. The zero-order chi connectivity index (χ0) is 20.1. The second kappa shape index (κ2) is 7.98. The lowest BCUT2D eigenvalue weighted by Crippen LogP contribution is -2.31. The van der Waals surface area contributed by atoms with Gasteiger partial charge in [0.05, 0.1) is 17.4 Å². The molecule has 0 aliphatic carbocycles. The number of amides is 1. The second-order valence-electron chi connectivity index (χ2n) is 7.52. The van der Waals surface area contributed by atoms with Crippen LogP contribution in [0.5, 0.6) is 0 Å². The smallest absolute Gasteiger partial charge is 0.258 e. The summed E-state index contributed by atoms with van der Waals surface area (Å²) in [7, 11) is 0. The first kappa shape index (κ1) is 19.2. The van der Waals surface area contributed by atoms with Crippen molar-refractivity contribution in [2.75, 3.05) is 0 Å². The lowest BCUT2D eigenvalue weighted by molar-refractivity contribution is 0.0957. The van der Waals surface area contributed by atoms with E-state index in [9.17, 15) is 10.1 Å². The highest BCUT2D eigenvalue weighted by molar-refractivity contribution is 5.97. The van der Waals surface area contributed by atoms with Crippen LogP contribution >= 0.6 is 0 Å². The average molecular weight is 370 g/mol. The molecule has 0 saturated carbocycles. The standard InChI is InChI=1S/C24H22N2O2/c1-24(2,3)22(26-23(27)20-13-14-28-16-20)21(15-25)19-11-9-18(10-12-19)17-7-5-4-6-8-17/h4-14,16H,1-3H3,(H,26,27)/b22-21-. The van der Waals surface area contributed by atoms with Crippen molar-refractivity contribution in [2.45, 2.75) is 20.8 Å². The summed E-state index contributed by atoms with van der Waals surface area (Å²) in [6, 6.07) is 21.7. The van der Waals surface area contributed by atoms with E-state index in [1.165, 1.54) is 12.5 Å². The molecule has 0 saturated heterocycles. The quantitative estimate of drug-likeness (QED) is 0.603. The number of rotatable bonds is 4. The van der Waals surface area contributed by atoms with E-state index in [1.807, 2.05) is 75.4 Å². The van der Waals surface area contributed by atoms with E-state index in [0.29, 0.717) is 16.8 Å². The molecule has 1 aromatic heterocycles. The molecule has 0 aliphatic heterocycles. The molecule has 1 heterocycles. The van der Waals surface area contributed by atoms with Crippen molar-refractivity contribution in [3.05, 3.63) is 90.0 Å². The number of nitrogens with zero attached hydrogens (tertiary/aromatic N) is 1. The fourth-order valence-electron chi connectivity index (χ4n) is 2.93. The van der Waals surface area contributed by atoms with Crippen LogP contribution in [-0.2, 0) is 0 Å². The maximum atomic E-state index is 12.5. The summed E-state index contributed by atoms with van der Waals surface area (Å²) in [6.07, 6.45) is 2.83. The van der Waals surface area contributed by atoms with Crippen LogP contribution < -0.4 is 5.32 Å². The molecular formula is C24H22N2O2. The van der Waals surface area contributed by atoms with Gasteiger partial charge in [0, 0.05) is 11.1 Å². The number of nitriles is 1. The van der Waals surface area contributed by atoms with Crippen molar-refractivity contribution in [1.82, 2.24) is 5.32 Å². The van der Waals surface area contributed by atoms with E-state index in [-0.39, 0.29) is 5.91 Å². The Morgan fingerprint density at radius 3 is 2.11 bits per heavy atom. The highest BCUT2D eigenvalue weighted by Crippen LogP contribution is 2.31. The summed E-state index contributed by atoms with van der Waals surface area (Å²) in [5.74, 6) is -0.299. The lowest BCUT2D eigenvalue weighted by atomic mass is 9.86. The third-order valence-electron chi connectivity index (χ3n) is 4.41. The monoisotopic (exact) mass is 370 g/mol. The van der Waals surface area contributed by atoms with Crippen molar-refractivity contribution in [3.8, 4) is 17.2 Å². The van der Waals surface area contributed by atoms with E-state index in [2.05, 4.69) is 11.4 Å². The van der Waals surface area contributed by atoms with Crippen LogP contribution in [0.1, 0.15) is 36.7 Å². The highest BCUT2D eigenvalue weighted by Gasteiger charge is 2.25. The Bertz CT molecular complexity index is 1020. The zero-order valence-corrected chi connectivity index (χ0v) is 16.2. The molecule has 0 aliphatic rings. The van der Waals surface area contributed by atoms with Crippen LogP contribution in [-0.4, -0.2) is 5.91 Å². The van der Waals surface area contributed by atoms with E-state index >= 15 is 0 Å². The Kier molecular flexibility index (Phi) is 5.47. The molecule has 4 heteroatoms.